The average Bonchev–Trinajstić information content (AvgIpc) is 3.50. The van der Waals surface area contributed by atoms with Gasteiger partial charge < -0.3 is 5.32 Å². The van der Waals surface area contributed by atoms with E-state index in [1.54, 1.807) is 6.08 Å². The lowest BCUT2D eigenvalue weighted by Gasteiger charge is -2.19. The lowest BCUT2D eigenvalue weighted by atomic mass is 9.90. The van der Waals surface area contributed by atoms with Crippen LogP contribution in [0.15, 0.2) is 101 Å². The van der Waals surface area contributed by atoms with Crippen molar-refractivity contribution in [1.82, 2.24) is 5.32 Å². The number of nitrogens with zero attached hydrogens (tertiary/aromatic N) is 1. The smallest absolute Gasteiger partial charge is 0.0994 e. The Hall–Kier alpha value is -3.31. The molecule has 41 heavy (non-hydrogen) atoms. The number of allylic oxidation sites excluding steroid dienone is 8. The van der Waals surface area contributed by atoms with Crippen molar-refractivity contribution >= 4 is 6.08 Å². The predicted octanol–water partition coefficient (Wildman–Crippen LogP) is 11.8. The van der Waals surface area contributed by atoms with Crippen LogP contribution in [0.3, 0.4) is 0 Å². The summed E-state index contributed by atoms with van der Waals surface area (Å²) in [6, 6.07) is 11.4. The molecule has 1 aromatic rings. The van der Waals surface area contributed by atoms with Crippen LogP contribution in [0.2, 0.25) is 0 Å². The third-order valence-corrected chi connectivity index (χ3v) is 7.30. The highest BCUT2D eigenvalue weighted by Gasteiger charge is 2.20. The zero-order valence-corrected chi connectivity index (χ0v) is 27.7. The second kappa shape index (κ2) is 23.4. The topological polar surface area (TPSA) is 35.8 Å². The largest absolute Gasteiger partial charge is 0.384 e. The van der Waals surface area contributed by atoms with Gasteiger partial charge >= 0.3 is 0 Å². The van der Waals surface area contributed by atoms with E-state index >= 15 is 0 Å². The van der Waals surface area contributed by atoms with Crippen LogP contribution in [0.5, 0.6) is 0 Å². The van der Waals surface area contributed by atoms with Crippen LogP contribution in [0.4, 0.5) is 0 Å². The molecule has 1 aromatic carbocycles. The van der Waals surface area contributed by atoms with E-state index in [9.17, 15) is 0 Å². The first kappa shape index (κ1) is 37.7. The molecule has 1 aliphatic heterocycles. The van der Waals surface area contributed by atoms with Gasteiger partial charge in [0.05, 0.1) is 17.7 Å². The Morgan fingerprint density at radius 1 is 1.02 bits per heavy atom. The van der Waals surface area contributed by atoms with Crippen molar-refractivity contribution in [3.63, 3.8) is 0 Å². The molecule has 1 aliphatic carbocycles. The molecule has 2 aliphatic rings. The molecule has 0 fully saturated rings. The highest BCUT2D eigenvalue weighted by molar-refractivity contribution is 5.59. The van der Waals surface area contributed by atoms with Gasteiger partial charge in [0.2, 0.25) is 0 Å². The third kappa shape index (κ3) is 14.2. The SMILES string of the molecule is C=C\C(C#N)=C(C)/C(=C\C)/C=C/c1ccc(CCCC)cc1.CC.CC1=CCC2NC=CC2=C1C.CCCCCC. The number of rotatable bonds is 10. The summed E-state index contributed by atoms with van der Waals surface area (Å²) >= 11 is 0. The van der Waals surface area contributed by atoms with Gasteiger partial charge in [-0.2, -0.15) is 5.26 Å². The summed E-state index contributed by atoms with van der Waals surface area (Å²) in [5.74, 6) is 0. The van der Waals surface area contributed by atoms with Crippen molar-refractivity contribution in [1.29, 1.82) is 5.26 Å². The zero-order chi connectivity index (χ0) is 31.0. The molecule has 3 rings (SSSR count). The molecule has 0 radical (unpaired) electrons. The van der Waals surface area contributed by atoms with Gasteiger partial charge in [0.1, 0.15) is 0 Å². The van der Waals surface area contributed by atoms with E-state index < -0.39 is 0 Å². The van der Waals surface area contributed by atoms with Crippen molar-refractivity contribution in [2.45, 2.75) is 120 Å². The van der Waals surface area contributed by atoms with Crippen LogP contribution in [0.25, 0.3) is 6.08 Å². The van der Waals surface area contributed by atoms with E-state index in [4.69, 9.17) is 5.26 Å². The molecule has 224 valence electrons. The fourth-order valence-electron chi connectivity index (χ4n) is 4.45. The predicted molar refractivity (Wildman–Crippen MR) is 185 cm³/mol. The Kier molecular flexibility index (Phi) is 21.5. The summed E-state index contributed by atoms with van der Waals surface area (Å²) in [7, 11) is 0. The fraction of sp³-hybridized carbons (Fsp3) is 0.462. The summed E-state index contributed by atoms with van der Waals surface area (Å²) in [6.45, 7) is 22.7. The van der Waals surface area contributed by atoms with Gasteiger partial charge in [0.25, 0.3) is 0 Å². The van der Waals surface area contributed by atoms with Crippen LogP contribution in [0, 0.1) is 11.3 Å². The normalized spacial score (nSPS) is 16.0. The van der Waals surface area contributed by atoms with E-state index in [0.717, 1.165) is 24.0 Å². The maximum atomic E-state index is 9.10. The zero-order valence-electron chi connectivity index (χ0n) is 27.7. The fourth-order valence-corrected chi connectivity index (χ4v) is 4.45. The van der Waals surface area contributed by atoms with E-state index in [2.05, 4.69) is 107 Å². The van der Waals surface area contributed by atoms with E-state index in [-0.39, 0.29) is 0 Å². The number of nitrogens with one attached hydrogen (secondary N) is 1. The molecule has 1 heterocycles. The van der Waals surface area contributed by atoms with Gasteiger partial charge in [-0.25, -0.2) is 0 Å². The molecule has 1 unspecified atom stereocenters. The number of benzene rings is 1. The number of hydrogen-bond acceptors (Lipinski definition) is 2. The molecule has 0 bridgehead atoms. The number of unbranched alkanes of at least 4 members (excludes halogenated alkanes) is 4. The van der Waals surface area contributed by atoms with Crippen molar-refractivity contribution in [2.24, 2.45) is 0 Å². The van der Waals surface area contributed by atoms with Crippen LogP contribution in [-0.2, 0) is 6.42 Å². The molecular formula is C39H58N2. The minimum atomic E-state index is 0.568. The van der Waals surface area contributed by atoms with Gasteiger partial charge in [0, 0.05) is 0 Å². The van der Waals surface area contributed by atoms with E-state index in [0.29, 0.717) is 11.6 Å². The number of hydrogen-bond donors (Lipinski definition) is 1. The summed E-state index contributed by atoms with van der Waals surface area (Å²) in [5, 5.41) is 12.4. The lowest BCUT2D eigenvalue weighted by molar-refractivity contribution is 0.697. The molecule has 0 saturated heterocycles. The first-order valence-corrected chi connectivity index (χ1v) is 15.8. The van der Waals surface area contributed by atoms with Crippen molar-refractivity contribution in [2.75, 3.05) is 0 Å². The first-order chi connectivity index (χ1) is 19.9. The molecule has 2 nitrogen and oxygen atoms in total. The first-order valence-electron chi connectivity index (χ1n) is 15.8. The van der Waals surface area contributed by atoms with Crippen LogP contribution in [-0.4, -0.2) is 6.04 Å². The van der Waals surface area contributed by atoms with Crippen LogP contribution in [0.1, 0.15) is 118 Å². The van der Waals surface area contributed by atoms with E-state index in [1.165, 1.54) is 66.4 Å². The van der Waals surface area contributed by atoms with Crippen molar-refractivity contribution in [3.05, 3.63) is 112 Å². The number of nitriles is 1. The van der Waals surface area contributed by atoms with Gasteiger partial charge in [-0.3, -0.25) is 0 Å². The minimum absolute atomic E-state index is 0.568. The second-order valence-corrected chi connectivity index (χ2v) is 10.2. The maximum absolute atomic E-state index is 9.10. The number of aryl methyl sites for hydroxylation is 1. The lowest BCUT2D eigenvalue weighted by Crippen LogP contribution is -2.23. The summed E-state index contributed by atoms with van der Waals surface area (Å²) in [6.07, 6.45) is 24.6. The van der Waals surface area contributed by atoms with Gasteiger partial charge in [-0.05, 0) is 92.7 Å². The summed E-state index contributed by atoms with van der Waals surface area (Å²) in [4.78, 5) is 0. The molecule has 0 amide bonds. The summed E-state index contributed by atoms with van der Waals surface area (Å²) in [5.41, 5.74) is 9.54. The molecular weight excluding hydrogens is 496 g/mol. The highest BCUT2D eigenvalue weighted by Crippen LogP contribution is 2.28. The third-order valence-electron chi connectivity index (χ3n) is 7.30. The quantitative estimate of drug-likeness (QED) is 0.177. The monoisotopic (exact) mass is 554 g/mol. The molecule has 0 aromatic heterocycles. The molecule has 2 heteroatoms. The summed E-state index contributed by atoms with van der Waals surface area (Å²) < 4.78 is 0. The van der Waals surface area contributed by atoms with Crippen LogP contribution < -0.4 is 5.32 Å². The van der Waals surface area contributed by atoms with E-state index in [1.807, 2.05) is 33.8 Å². The minimum Gasteiger partial charge on any atom is -0.384 e. The molecule has 1 atom stereocenters. The van der Waals surface area contributed by atoms with Crippen molar-refractivity contribution in [3.8, 4) is 6.07 Å². The second-order valence-electron chi connectivity index (χ2n) is 10.2. The Morgan fingerprint density at radius 2 is 1.63 bits per heavy atom. The maximum Gasteiger partial charge on any atom is 0.0994 e. The van der Waals surface area contributed by atoms with Gasteiger partial charge in [0.15, 0.2) is 0 Å². The Labute approximate surface area is 254 Å². The standard InChI is InChI=1S/C21H25N.C10H13N.C6H14.C2H6/c1-5-8-9-18-10-12-19(13-11-18)14-15-20(6-2)17(4)21(7-3)16-22;1-7-3-4-10-9(8(7)2)5-6-11-10;1-3-5-6-4-2;1-2/h6-7,10-15H,3,5,8-9H2,1-2,4H3;3,5-6,10-11H,4H2,1-2H3;3-6H2,1-2H3;1-2H3/b15-14+,20-6-,21-17+;;;. The Bertz CT molecular complexity index is 1110. The van der Waals surface area contributed by atoms with Crippen molar-refractivity contribution < 1.29 is 0 Å². The molecule has 0 spiro atoms. The molecule has 1 N–H and O–H groups in total. The Morgan fingerprint density at radius 3 is 2.15 bits per heavy atom. The average molecular weight is 555 g/mol. The molecule has 0 saturated carbocycles. The number of fused-ring (bicyclic) bond motifs is 1. The Balaban J connectivity index is 0.000000691. The van der Waals surface area contributed by atoms with Gasteiger partial charge in [-0.1, -0.05) is 134 Å². The van der Waals surface area contributed by atoms with Crippen LogP contribution >= 0.6 is 0 Å². The van der Waals surface area contributed by atoms with Gasteiger partial charge in [-0.15, -0.1) is 0 Å². The highest BCUT2D eigenvalue weighted by atomic mass is 14.9.